The Morgan fingerprint density at radius 2 is 1.96 bits per heavy atom. The van der Waals surface area contributed by atoms with E-state index in [9.17, 15) is 9.50 Å². The lowest BCUT2D eigenvalue weighted by molar-refractivity contribution is 0.113. The Morgan fingerprint density at radius 3 is 2.64 bits per heavy atom. The molecule has 0 bridgehead atoms. The van der Waals surface area contributed by atoms with Crippen LogP contribution < -0.4 is 0 Å². The SMILES string of the molecule is CC(C)C(O)c1ncc(Sc2cccc(F)c2)n1Cc1ccncc1. The normalized spacial score (nSPS) is 12.5. The van der Waals surface area contributed by atoms with Gasteiger partial charge in [0, 0.05) is 17.3 Å². The highest BCUT2D eigenvalue weighted by molar-refractivity contribution is 7.99. The maximum Gasteiger partial charge on any atom is 0.139 e. The zero-order valence-electron chi connectivity index (χ0n) is 14.1. The summed E-state index contributed by atoms with van der Waals surface area (Å²) in [6.45, 7) is 4.48. The van der Waals surface area contributed by atoms with Crippen LogP contribution in [0.2, 0.25) is 0 Å². The zero-order valence-corrected chi connectivity index (χ0v) is 14.9. The molecule has 0 saturated heterocycles. The van der Waals surface area contributed by atoms with Crippen LogP contribution >= 0.6 is 11.8 Å². The summed E-state index contributed by atoms with van der Waals surface area (Å²) in [7, 11) is 0. The Kier molecular flexibility index (Phi) is 5.50. The summed E-state index contributed by atoms with van der Waals surface area (Å²) in [5.74, 6) is 0.393. The smallest absolute Gasteiger partial charge is 0.139 e. The molecule has 0 amide bonds. The molecular formula is C19H20FN3OS. The van der Waals surface area contributed by atoms with Crippen LogP contribution in [0.1, 0.15) is 31.3 Å². The predicted molar refractivity (Wildman–Crippen MR) is 95.9 cm³/mol. The summed E-state index contributed by atoms with van der Waals surface area (Å²) in [4.78, 5) is 9.27. The Bertz CT molecular complexity index is 836. The molecule has 130 valence electrons. The maximum atomic E-state index is 13.5. The number of benzene rings is 1. The van der Waals surface area contributed by atoms with Crippen molar-refractivity contribution in [3.63, 3.8) is 0 Å². The first-order valence-corrected chi connectivity index (χ1v) is 8.92. The van der Waals surface area contributed by atoms with Gasteiger partial charge in [0.2, 0.25) is 0 Å². The van der Waals surface area contributed by atoms with Crippen molar-refractivity contribution in [2.75, 3.05) is 0 Å². The molecule has 4 nitrogen and oxygen atoms in total. The number of halogens is 1. The highest BCUT2D eigenvalue weighted by Gasteiger charge is 2.21. The Hall–Kier alpha value is -2.18. The molecule has 3 aromatic rings. The molecule has 0 radical (unpaired) electrons. The summed E-state index contributed by atoms with van der Waals surface area (Å²) in [5, 5.41) is 11.4. The van der Waals surface area contributed by atoms with Crippen molar-refractivity contribution in [3.8, 4) is 0 Å². The molecule has 6 heteroatoms. The number of pyridine rings is 1. The van der Waals surface area contributed by atoms with Crippen LogP contribution in [0.4, 0.5) is 4.39 Å². The summed E-state index contributed by atoms with van der Waals surface area (Å²) in [6.07, 6.45) is 4.55. The molecule has 0 aliphatic rings. The highest BCUT2D eigenvalue weighted by atomic mass is 32.2. The highest BCUT2D eigenvalue weighted by Crippen LogP contribution is 2.32. The first-order chi connectivity index (χ1) is 12.0. The second-order valence-corrected chi connectivity index (χ2v) is 7.24. The molecule has 1 aromatic carbocycles. The van der Waals surface area contributed by atoms with E-state index in [1.54, 1.807) is 24.7 Å². The fourth-order valence-electron chi connectivity index (χ4n) is 2.47. The van der Waals surface area contributed by atoms with Crippen molar-refractivity contribution in [3.05, 3.63) is 72.2 Å². The average Bonchev–Trinajstić information content (AvgIpc) is 2.97. The van der Waals surface area contributed by atoms with Crippen LogP contribution in [-0.2, 0) is 6.54 Å². The molecule has 0 spiro atoms. The number of aliphatic hydroxyl groups excluding tert-OH is 1. The largest absolute Gasteiger partial charge is 0.385 e. The van der Waals surface area contributed by atoms with Gasteiger partial charge in [-0.15, -0.1) is 0 Å². The summed E-state index contributed by atoms with van der Waals surface area (Å²) in [5.41, 5.74) is 1.06. The quantitative estimate of drug-likeness (QED) is 0.714. The topological polar surface area (TPSA) is 50.9 Å². The van der Waals surface area contributed by atoms with E-state index >= 15 is 0 Å². The third-order valence-corrected chi connectivity index (χ3v) is 4.88. The van der Waals surface area contributed by atoms with Crippen molar-refractivity contribution in [2.45, 2.75) is 36.4 Å². The van der Waals surface area contributed by atoms with Gasteiger partial charge in [0.15, 0.2) is 0 Å². The van der Waals surface area contributed by atoms with Crippen molar-refractivity contribution in [1.29, 1.82) is 0 Å². The molecular weight excluding hydrogens is 337 g/mol. The maximum absolute atomic E-state index is 13.5. The predicted octanol–water partition coefficient (Wildman–Crippen LogP) is 4.31. The molecule has 1 unspecified atom stereocenters. The van der Waals surface area contributed by atoms with Gasteiger partial charge < -0.3 is 9.67 Å². The standard InChI is InChI=1S/C19H20FN3OS/c1-13(2)18(24)19-22-11-17(25-16-5-3-4-15(20)10-16)23(19)12-14-6-8-21-9-7-14/h3-11,13,18,24H,12H2,1-2H3. The van der Waals surface area contributed by atoms with Gasteiger partial charge >= 0.3 is 0 Å². The van der Waals surface area contributed by atoms with Gasteiger partial charge in [0.25, 0.3) is 0 Å². The molecule has 1 N–H and O–H groups in total. The van der Waals surface area contributed by atoms with E-state index in [0.717, 1.165) is 15.5 Å². The number of nitrogens with zero attached hydrogens (tertiary/aromatic N) is 3. The van der Waals surface area contributed by atoms with Gasteiger partial charge in [-0.3, -0.25) is 4.98 Å². The molecule has 0 aliphatic heterocycles. The van der Waals surface area contributed by atoms with Gasteiger partial charge in [-0.05, 0) is 41.8 Å². The van der Waals surface area contributed by atoms with Crippen LogP contribution in [0.5, 0.6) is 0 Å². The fourth-order valence-corrected chi connectivity index (χ4v) is 3.40. The van der Waals surface area contributed by atoms with Crippen LogP contribution in [0.25, 0.3) is 0 Å². The fraction of sp³-hybridized carbons (Fsp3) is 0.263. The van der Waals surface area contributed by atoms with Gasteiger partial charge in [-0.25, -0.2) is 9.37 Å². The van der Waals surface area contributed by atoms with Gasteiger partial charge in [0.05, 0.1) is 12.7 Å². The van der Waals surface area contributed by atoms with E-state index < -0.39 is 6.10 Å². The van der Waals surface area contributed by atoms with Crippen molar-refractivity contribution < 1.29 is 9.50 Å². The first-order valence-electron chi connectivity index (χ1n) is 8.10. The van der Waals surface area contributed by atoms with E-state index in [1.165, 1.54) is 23.9 Å². The van der Waals surface area contributed by atoms with E-state index in [-0.39, 0.29) is 11.7 Å². The van der Waals surface area contributed by atoms with Crippen LogP contribution in [0, 0.1) is 11.7 Å². The number of aromatic nitrogens is 3. The number of aliphatic hydroxyl groups is 1. The number of hydrogen-bond donors (Lipinski definition) is 1. The van der Waals surface area contributed by atoms with E-state index in [1.807, 2.05) is 36.6 Å². The summed E-state index contributed by atoms with van der Waals surface area (Å²) in [6, 6.07) is 10.3. The van der Waals surface area contributed by atoms with Crippen LogP contribution in [-0.4, -0.2) is 19.6 Å². The van der Waals surface area contributed by atoms with Gasteiger partial charge in [0.1, 0.15) is 22.8 Å². The molecule has 3 rings (SSSR count). The molecule has 1 atom stereocenters. The minimum absolute atomic E-state index is 0.0469. The number of rotatable bonds is 6. The lowest BCUT2D eigenvalue weighted by atomic mass is 10.1. The summed E-state index contributed by atoms with van der Waals surface area (Å²) < 4.78 is 15.5. The second kappa shape index (κ2) is 7.80. The van der Waals surface area contributed by atoms with Gasteiger partial charge in [-0.1, -0.05) is 31.7 Å². The third kappa shape index (κ3) is 4.27. The molecule has 0 fully saturated rings. The van der Waals surface area contributed by atoms with E-state index in [4.69, 9.17) is 0 Å². The molecule has 25 heavy (non-hydrogen) atoms. The molecule has 2 aromatic heterocycles. The second-order valence-electron chi connectivity index (χ2n) is 6.14. The Balaban J connectivity index is 1.97. The minimum atomic E-state index is -0.663. The van der Waals surface area contributed by atoms with Crippen LogP contribution in [0.3, 0.4) is 0 Å². The zero-order chi connectivity index (χ0) is 17.8. The number of hydrogen-bond acceptors (Lipinski definition) is 4. The molecule has 2 heterocycles. The third-order valence-electron chi connectivity index (χ3n) is 3.85. The minimum Gasteiger partial charge on any atom is -0.385 e. The Morgan fingerprint density at radius 1 is 1.20 bits per heavy atom. The van der Waals surface area contributed by atoms with Crippen molar-refractivity contribution in [2.24, 2.45) is 5.92 Å². The molecule has 0 aliphatic carbocycles. The van der Waals surface area contributed by atoms with Gasteiger partial charge in [-0.2, -0.15) is 0 Å². The first kappa shape index (κ1) is 17.6. The summed E-state index contributed by atoms with van der Waals surface area (Å²) >= 11 is 1.43. The van der Waals surface area contributed by atoms with E-state index in [2.05, 4.69) is 9.97 Å². The van der Waals surface area contributed by atoms with Crippen LogP contribution in [0.15, 0.2) is 64.9 Å². The van der Waals surface area contributed by atoms with Crippen molar-refractivity contribution >= 4 is 11.8 Å². The van der Waals surface area contributed by atoms with Crippen molar-refractivity contribution in [1.82, 2.24) is 14.5 Å². The van der Waals surface area contributed by atoms with E-state index in [0.29, 0.717) is 12.4 Å². The monoisotopic (exact) mass is 357 g/mol. The molecule has 0 saturated carbocycles. The lowest BCUT2D eigenvalue weighted by Gasteiger charge is -2.18. The lowest BCUT2D eigenvalue weighted by Crippen LogP contribution is -2.14. The Labute approximate surface area is 150 Å². The number of imidazole rings is 1. The average molecular weight is 357 g/mol.